The van der Waals surface area contributed by atoms with Crippen molar-refractivity contribution in [2.75, 3.05) is 6.61 Å². The van der Waals surface area contributed by atoms with Crippen LogP contribution in [0.2, 0.25) is 0 Å². The molecule has 1 aromatic carbocycles. The van der Waals surface area contributed by atoms with E-state index < -0.39 is 0 Å². The van der Waals surface area contributed by atoms with E-state index in [4.69, 9.17) is 4.74 Å². The van der Waals surface area contributed by atoms with Crippen LogP contribution in [0, 0.1) is 0 Å². The molecule has 0 saturated carbocycles. The first-order chi connectivity index (χ1) is 12.8. The van der Waals surface area contributed by atoms with Gasteiger partial charge in [-0.15, -0.1) is 11.3 Å². The lowest BCUT2D eigenvalue weighted by Crippen LogP contribution is -2.28. The number of hydrogen-bond donors (Lipinski definition) is 1. The molecule has 0 bridgehead atoms. The average Bonchev–Trinajstić information content (AvgIpc) is 2.87. The second-order valence-electron chi connectivity index (χ2n) is 6.47. The molecule has 134 valence electrons. The van der Waals surface area contributed by atoms with Gasteiger partial charge in [0.25, 0.3) is 5.91 Å². The van der Waals surface area contributed by atoms with Crippen LogP contribution >= 0.6 is 11.3 Å². The van der Waals surface area contributed by atoms with E-state index in [1.807, 2.05) is 30.3 Å². The first-order valence-corrected chi connectivity index (χ1v) is 9.81. The Kier molecular flexibility index (Phi) is 5.11. The van der Waals surface area contributed by atoms with Gasteiger partial charge in [0.05, 0.1) is 5.39 Å². The zero-order chi connectivity index (χ0) is 17.8. The number of aryl methyl sites for hydroxylation is 2. The van der Waals surface area contributed by atoms with Crippen molar-refractivity contribution in [2.45, 2.75) is 38.6 Å². The summed E-state index contributed by atoms with van der Waals surface area (Å²) in [4.78, 5) is 23.2. The first-order valence-electron chi connectivity index (χ1n) is 9.00. The van der Waals surface area contributed by atoms with Crippen LogP contribution < -0.4 is 10.1 Å². The van der Waals surface area contributed by atoms with E-state index in [1.54, 1.807) is 11.3 Å². The fourth-order valence-electron chi connectivity index (χ4n) is 3.33. The number of amides is 1. The zero-order valence-electron chi connectivity index (χ0n) is 14.5. The maximum absolute atomic E-state index is 12.1. The van der Waals surface area contributed by atoms with Crippen LogP contribution in [0.4, 0.5) is 0 Å². The molecule has 5 nitrogen and oxygen atoms in total. The molecule has 0 aliphatic heterocycles. The minimum absolute atomic E-state index is 0.0381. The summed E-state index contributed by atoms with van der Waals surface area (Å²) in [6.45, 7) is 0.458. The van der Waals surface area contributed by atoms with Gasteiger partial charge in [-0.25, -0.2) is 9.97 Å². The molecule has 1 N–H and O–H groups in total. The minimum atomic E-state index is -0.151. The first kappa shape index (κ1) is 17.0. The van der Waals surface area contributed by atoms with Gasteiger partial charge in [0, 0.05) is 11.4 Å². The van der Waals surface area contributed by atoms with Gasteiger partial charge in [0.2, 0.25) is 5.88 Å². The van der Waals surface area contributed by atoms with Crippen LogP contribution in [0.25, 0.3) is 10.2 Å². The summed E-state index contributed by atoms with van der Waals surface area (Å²) in [5, 5.41) is 3.88. The Balaban J connectivity index is 1.45. The average molecular weight is 367 g/mol. The van der Waals surface area contributed by atoms with E-state index >= 15 is 0 Å². The molecule has 1 aliphatic carbocycles. The molecule has 3 aromatic rings. The highest BCUT2D eigenvalue weighted by Gasteiger charge is 2.20. The standard InChI is InChI=1S/C20H21N3O2S/c24-17(21-11-14-7-3-1-4-8-14)12-25-19-18-15-9-5-2-6-10-16(15)26-20(18)23-13-22-19/h1,3-4,7-8,13H,2,5-6,9-12H2,(H,21,24). The molecule has 0 spiro atoms. The highest BCUT2D eigenvalue weighted by atomic mass is 32.1. The van der Waals surface area contributed by atoms with Crippen LogP contribution in [-0.4, -0.2) is 22.5 Å². The number of aromatic nitrogens is 2. The molecule has 0 atom stereocenters. The molecule has 1 amide bonds. The maximum atomic E-state index is 12.1. The molecule has 4 rings (SSSR count). The third kappa shape index (κ3) is 3.70. The fourth-order valence-corrected chi connectivity index (χ4v) is 4.55. The van der Waals surface area contributed by atoms with Crippen molar-refractivity contribution in [2.24, 2.45) is 0 Å². The number of thiophene rings is 1. The number of rotatable bonds is 5. The van der Waals surface area contributed by atoms with Gasteiger partial charge in [0.15, 0.2) is 6.61 Å². The number of nitrogens with zero attached hydrogens (tertiary/aromatic N) is 2. The van der Waals surface area contributed by atoms with Crippen LogP contribution in [0.3, 0.4) is 0 Å². The smallest absolute Gasteiger partial charge is 0.258 e. The largest absolute Gasteiger partial charge is 0.467 e. The van der Waals surface area contributed by atoms with Gasteiger partial charge >= 0.3 is 0 Å². The summed E-state index contributed by atoms with van der Waals surface area (Å²) >= 11 is 1.74. The Bertz CT molecular complexity index is 908. The number of hydrogen-bond acceptors (Lipinski definition) is 5. The summed E-state index contributed by atoms with van der Waals surface area (Å²) in [7, 11) is 0. The molecule has 2 aromatic heterocycles. The van der Waals surface area contributed by atoms with Gasteiger partial charge in [-0.3, -0.25) is 4.79 Å². The van der Waals surface area contributed by atoms with E-state index in [2.05, 4.69) is 15.3 Å². The number of carbonyl (C=O) groups is 1. The Morgan fingerprint density at radius 2 is 1.96 bits per heavy atom. The topological polar surface area (TPSA) is 64.1 Å². The monoisotopic (exact) mass is 367 g/mol. The van der Waals surface area contributed by atoms with Crippen molar-refractivity contribution in [1.29, 1.82) is 0 Å². The number of ether oxygens (including phenoxy) is 1. The third-order valence-corrected chi connectivity index (χ3v) is 5.84. The number of carbonyl (C=O) groups excluding carboxylic acids is 1. The van der Waals surface area contributed by atoms with Crippen molar-refractivity contribution in [3.63, 3.8) is 0 Å². The van der Waals surface area contributed by atoms with Crippen LogP contribution in [-0.2, 0) is 24.2 Å². The van der Waals surface area contributed by atoms with Crippen molar-refractivity contribution in [3.05, 3.63) is 52.7 Å². The van der Waals surface area contributed by atoms with E-state index in [9.17, 15) is 4.79 Å². The van der Waals surface area contributed by atoms with E-state index in [0.29, 0.717) is 12.4 Å². The number of benzene rings is 1. The third-order valence-electron chi connectivity index (χ3n) is 4.64. The summed E-state index contributed by atoms with van der Waals surface area (Å²) in [5.74, 6) is 0.381. The Morgan fingerprint density at radius 1 is 1.12 bits per heavy atom. The van der Waals surface area contributed by atoms with Crippen LogP contribution in [0.5, 0.6) is 5.88 Å². The SMILES string of the molecule is O=C(COc1ncnc2sc3c(c12)CCCCC3)NCc1ccccc1. The summed E-state index contributed by atoms with van der Waals surface area (Å²) < 4.78 is 5.78. The number of fused-ring (bicyclic) bond motifs is 3. The summed E-state index contributed by atoms with van der Waals surface area (Å²) in [5.41, 5.74) is 2.39. The quantitative estimate of drug-likeness (QED) is 0.699. The Hall–Kier alpha value is -2.47. The second kappa shape index (κ2) is 7.83. The maximum Gasteiger partial charge on any atom is 0.258 e. The van der Waals surface area contributed by atoms with Crippen molar-refractivity contribution in [1.82, 2.24) is 15.3 Å². The van der Waals surface area contributed by atoms with E-state index in [0.717, 1.165) is 28.6 Å². The molecule has 0 fully saturated rings. The molecular weight excluding hydrogens is 346 g/mol. The predicted molar refractivity (Wildman–Crippen MR) is 102 cm³/mol. The van der Waals surface area contributed by atoms with Crippen LogP contribution in [0.1, 0.15) is 35.3 Å². The van der Waals surface area contributed by atoms with Gasteiger partial charge in [-0.05, 0) is 36.8 Å². The molecular formula is C20H21N3O2S. The lowest BCUT2D eigenvalue weighted by molar-refractivity contribution is -0.123. The van der Waals surface area contributed by atoms with E-state index in [1.165, 1.54) is 36.0 Å². The molecule has 1 aliphatic rings. The molecule has 2 heterocycles. The van der Waals surface area contributed by atoms with Gasteiger partial charge in [-0.2, -0.15) is 0 Å². The molecule has 0 radical (unpaired) electrons. The lowest BCUT2D eigenvalue weighted by Gasteiger charge is -2.08. The van der Waals surface area contributed by atoms with Gasteiger partial charge < -0.3 is 10.1 Å². The van der Waals surface area contributed by atoms with E-state index in [-0.39, 0.29) is 12.5 Å². The Morgan fingerprint density at radius 3 is 2.85 bits per heavy atom. The fraction of sp³-hybridized carbons (Fsp3) is 0.350. The highest BCUT2D eigenvalue weighted by Crippen LogP contribution is 2.38. The summed E-state index contributed by atoms with van der Waals surface area (Å²) in [6.07, 6.45) is 7.34. The summed E-state index contributed by atoms with van der Waals surface area (Å²) in [6, 6.07) is 9.83. The number of nitrogens with one attached hydrogen (secondary N) is 1. The molecule has 0 saturated heterocycles. The minimum Gasteiger partial charge on any atom is -0.467 e. The molecule has 0 unspecified atom stereocenters. The van der Waals surface area contributed by atoms with Crippen molar-refractivity contribution >= 4 is 27.5 Å². The molecule has 6 heteroatoms. The van der Waals surface area contributed by atoms with Crippen molar-refractivity contribution < 1.29 is 9.53 Å². The lowest BCUT2D eigenvalue weighted by atomic mass is 10.1. The van der Waals surface area contributed by atoms with Gasteiger partial charge in [-0.1, -0.05) is 36.8 Å². The van der Waals surface area contributed by atoms with Gasteiger partial charge in [0.1, 0.15) is 11.2 Å². The highest BCUT2D eigenvalue weighted by molar-refractivity contribution is 7.18. The normalized spacial score (nSPS) is 13.8. The Labute approximate surface area is 156 Å². The zero-order valence-corrected chi connectivity index (χ0v) is 15.3. The van der Waals surface area contributed by atoms with Crippen LogP contribution in [0.15, 0.2) is 36.7 Å². The second-order valence-corrected chi connectivity index (χ2v) is 7.56. The van der Waals surface area contributed by atoms with Crippen molar-refractivity contribution in [3.8, 4) is 5.88 Å². The predicted octanol–water partition coefficient (Wildman–Crippen LogP) is 3.66. The molecule has 26 heavy (non-hydrogen) atoms.